The van der Waals surface area contributed by atoms with Gasteiger partial charge in [-0.05, 0) is 46.8 Å². The summed E-state index contributed by atoms with van der Waals surface area (Å²) in [5.74, 6) is -1.55. The minimum Gasteiger partial charge on any atom is -0.377 e. The van der Waals surface area contributed by atoms with Crippen LogP contribution in [0.1, 0.15) is 31.4 Å². The first kappa shape index (κ1) is 26.8. The Morgan fingerprint density at radius 3 is 2.61 bits per heavy atom. The summed E-state index contributed by atoms with van der Waals surface area (Å²) in [5, 5.41) is 23.7. The van der Waals surface area contributed by atoms with E-state index < -0.39 is 53.5 Å². The number of tetrazole rings is 1. The number of rotatable bonds is 8. The number of carbonyl (C=O) groups is 1. The summed E-state index contributed by atoms with van der Waals surface area (Å²) in [6, 6.07) is 7.08. The molecule has 4 rings (SSSR count). The van der Waals surface area contributed by atoms with Crippen LogP contribution in [0.15, 0.2) is 55.0 Å². The van der Waals surface area contributed by atoms with Crippen LogP contribution in [0.4, 0.5) is 22.0 Å². The molecule has 0 saturated carbocycles. The van der Waals surface area contributed by atoms with Crippen LogP contribution in [0.25, 0.3) is 0 Å². The average Bonchev–Trinajstić information content (AvgIpc) is 3.58. The van der Waals surface area contributed by atoms with Gasteiger partial charge >= 0.3 is 5.92 Å². The van der Waals surface area contributed by atoms with Crippen LogP contribution < -0.4 is 5.32 Å². The van der Waals surface area contributed by atoms with Crippen LogP contribution in [0, 0.1) is 23.5 Å². The monoisotopic (exact) mass is 548 g/mol. The van der Waals surface area contributed by atoms with Crippen molar-refractivity contribution in [1.29, 1.82) is 0 Å². The SMILES string of the molecule is O=C(NCCF)c1ccc(C#Cc2ccc(C(F)(F)C(O)(Cn3cnnn3)c3ccc(F)cc3F)nc2)s1. The Labute approximate surface area is 216 Å². The molecule has 14 heteroatoms. The molecule has 1 unspecified atom stereocenters. The van der Waals surface area contributed by atoms with Gasteiger partial charge in [-0.3, -0.25) is 9.78 Å². The zero-order valence-corrected chi connectivity index (χ0v) is 20.0. The normalized spacial score (nSPS) is 12.9. The predicted octanol–water partition coefficient (Wildman–Crippen LogP) is 3.19. The maximum absolute atomic E-state index is 15.8. The zero-order chi connectivity index (χ0) is 27.3. The van der Waals surface area contributed by atoms with Crippen LogP contribution in [-0.4, -0.2) is 49.4 Å². The smallest absolute Gasteiger partial charge is 0.323 e. The van der Waals surface area contributed by atoms with Crippen molar-refractivity contribution in [1.82, 2.24) is 30.5 Å². The summed E-state index contributed by atoms with van der Waals surface area (Å²) in [6.07, 6.45) is 1.99. The van der Waals surface area contributed by atoms with E-state index in [0.29, 0.717) is 15.8 Å². The standard InChI is InChI=1S/C24H17F5N6O2S/c25-9-10-30-22(36)20-7-5-17(38-20)4-1-15-2-8-21(31-12-15)24(28,29)23(37,13-35-14-32-33-34-35)18-6-3-16(26)11-19(18)27/h2-3,5-8,11-12,14,37H,9-10,13H2,(H,30,36). The minimum atomic E-state index is -4.20. The molecule has 8 nitrogen and oxygen atoms in total. The van der Waals surface area contributed by atoms with Crippen LogP contribution in [0.2, 0.25) is 0 Å². The molecule has 2 N–H and O–H groups in total. The average molecular weight is 548 g/mol. The molecule has 0 spiro atoms. The van der Waals surface area contributed by atoms with Gasteiger partial charge in [-0.2, -0.15) is 8.78 Å². The molecule has 1 atom stereocenters. The lowest BCUT2D eigenvalue weighted by Crippen LogP contribution is -2.48. The maximum atomic E-state index is 15.8. The van der Waals surface area contributed by atoms with E-state index in [0.717, 1.165) is 46.7 Å². The van der Waals surface area contributed by atoms with Crippen molar-refractivity contribution in [2.75, 3.05) is 13.2 Å². The molecule has 3 heterocycles. The van der Waals surface area contributed by atoms with Crippen LogP contribution in [0.3, 0.4) is 0 Å². The van der Waals surface area contributed by atoms with Gasteiger partial charge in [-0.25, -0.2) is 17.9 Å². The summed E-state index contributed by atoms with van der Waals surface area (Å²) in [5.41, 5.74) is -4.81. The number of benzene rings is 1. The number of thiophene rings is 1. The van der Waals surface area contributed by atoms with Crippen LogP contribution in [0.5, 0.6) is 0 Å². The highest BCUT2D eigenvalue weighted by atomic mass is 32.1. The lowest BCUT2D eigenvalue weighted by Gasteiger charge is -2.35. The second-order valence-electron chi connectivity index (χ2n) is 7.86. The molecule has 196 valence electrons. The highest BCUT2D eigenvalue weighted by Crippen LogP contribution is 2.46. The Kier molecular flexibility index (Phi) is 7.79. The molecular formula is C24H17F5N6O2S. The maximum Gasteiger partial charge on any atom is 0.323 e. The van der Waals surface area contributed by atoms with Gasteiger partial charge in [-0.1, -0.05) is 11.8 Å². The topological polar surface area (TPSA) is 106 Å². The number of hydrogen-bond acceptors (Lipinski definition) is 7. The van der Waals surface area contributed by atoms with Gasteiger partial charge in [0.15, 0.2) is 5.60 Å². The molecule has 1 amide bonds. The molecule has 3 aromatic heterocycles. The van der Waals surface area contributed by atoms with E-state index >= 15 is 8.78 Å². The summed E-state index contributed by atoms with van der Waals surface area (Å²) in [6.45, 7) is -1.78. The number of halogens is 5. The van der Waals surface area contributed by atoms with E-state index in [2.05, 4.69) is 37.7 Å². The number of alkyl halides is 3. The third-order valence-corrected chi connectivity index (χ3v) is 6.30. The van der Waals surface area contributed by atoms with Gasteiger partial charge in [0.1, 0.15) is 30.3 Å². The first-order valence-electron chi connectivity index (χ1n) is 10.8. The predicted molar refractivity (Wildman–Crippen MR) is 125 cm³/mol. The zero-order valence-electron chi connectivity index (χ0n) is 19.2. The Hall–Kier alpha value is -4.22. The molecule has 0 aliphatic carbocycles. The van der Waals surface area contributed by atoms with Gasteiger partial charge in [0, 0.05) is 29.9 Å². The van der Waals surface area contributed by atoms with Crippen LogP contribution in [-0.2, 0) is 18.1 Å². The van der Waals surface area contributed by atoms with Gasteiger partial charge in [0.2, 0.25) is 0 Å². The fraction of sp³-hybridized carbons (Fsp3) is 0.208. The lowest BCUT2D eigenvalue weighted by molar-refractivity contribution is -0.207. The highest BCUT2D eigenvalue weighted by Gasteiger charge is 2.57. The number of aromatic nitrogens is 5. The first-order valence-corrected chi connectivity index (χ1v) is 11.6. The van der Waals surface area contributed by atoms with Gasteiger partial charge in [-0.15, -0.1) is 16.4 Å². The van der Waals surface area contributed by atoms with E-state index in [4.69, 9.17) is 0 Å². The summed E-state index contributed by atoms with van der Waals surface area (Å²) in [4.78, 5) is 16.4. The molecular weight excluding hydrogens is 531 g/mol. The number of nitrogens with zero attached hydrogens (tertiary/aromatic N) is 5. The van der Waals surface area contributed by atoms with Crippen molar-refractivity contribution in [3.63, 3.8) is 0 Å². The van der Waals surface area contributed by atoms with Gasteiger partial charge in [0.05, 0.1) is 16.3 Å². The van der Waals surface area contributed by atoms with Gasteiger partial charge in [0.25, 0.3) is 5.91 Å². The highest BCUT2D eigenvalue weighted by molar-refractivity contribution is 7.14. The second-order valence-corrected chi connectivity index (χ2v) is 8.94. The lowest BCUT2D eigenvalue weighted by atomic mass is 9.84. The molecule has 38 heavy (non-hydrogen) atoms. The number of amides is 1. The number of nitrogens with one attached hydrogen (secondary N) is 1. The molecule has 0 saturated heterocycles. The largest absolute Gasteiger partial charge is 0.377 e. The summed E-state index contributed by atoms with van der Waals surface area (Å²) in [7, 11) is 0. The van der Waals surface area contributed by atoms with Crippen molar-refractivity contribution in [3.05, 3.63) is 93.2 Å². The number of aliphatic hydroxyl groups is 1. The molecule has 4 aromatic rings. The van der Waals surface area contributed by atoms with E-state index in [1.807, 2.05) is 0 Å². The molecule has 1 aromatic carbocycles. The van der Waals surface area contributed by atoms with E-state index in [9.17, 15) is 23.1 Å². The fourth-order valence-electron chi connectivity index (χ4n) is 3.44. The summed E-state index contributed by atoms with van der Waals surface area (Å²) < 4.78 is 72.6. The summed E-state index contributed by atoms with van der Waals surface area (Å²) >= 11 is 1.06. The van der Waals surface area contributed by atoms with E-state index in [1.165, 1.54) is 12.1 Å². The number of hydrogen-bond donors (Lipinski definition) is 2. The molecule has 0 radical (unpaired) electrons. The molecule has 0 aliphatic heterocycles. The molecule has 0 fully saturated rings. The Morgan fingerprint density at radius 2 is 1.95 bits per heavy atom. The molecule has 0 aliphatic rings. The van der Waals surface area contributed by atoms with Crippen molar-refractivity contribution in [2.45, 2.75) is 18.1 Å². The Morgan fingerprint density at radius 1 is 1.13 bits per heavy atom. The van der Waals surface area contributed by atoms with Crippen molar-refractivity contribution < 1.29 is 31.9 Å². The third-order valence-electron chi connectivity index (χ3n) is 5.30. The third kappa shape index (κ3) is 5.53. The van der Waals surface area contributed by atoms with E-state index in [1.54, 1.807) is 6.07 Å². The Bertz CT molecular complexity index is 1480. The van der Waals surface area contributed by atoms with Crippen molar-refractivity contribution in [3.8, 4) is 11.8 Å². The number of pyridine rings is 1. The van der Waals surface area contributed by atoms with Gasteiger partial charge < -0.3 is 10.4 Å². The minimum absolute atomic E-state index is 0.112. The van der Waals surface area contributed by atoms with E-state index in [-0.39, 0.29) is 12.1 Å². The van der Waals surface area contributed by atoms with Crippen molar-refractivity contribution >= 4 is 17.2 Å². The van der Waals surface area contributed by atoms with Crippen molar-refractivity contribution in [2.24, 2.45) is 0 Å². The van der Waals surface area contributed by atoms with Crippen LogP contribution >= 0.6 is 11.3 Å². The first-order chi connectivity index (χ1) is 18.1. The second kappa shape index (κ2) is 11.0. The Balaban J connectivity index is 1.61. The molecule has 0 bridgehead atoms. The number of carbonyl (C=O) groups excluding carboxylic acids is 1. The fourth-order valence-corrected chi connectivity index (χ4v) is 4.22. The quantitative estimate of drug-likeness (QED) is 0.259.